The Morgan fingerprint density at radius 1 is 1.24 bits per heavy atom. The van der Waals surface area contributed by atoms with Gasteiger partial charge in [0, 0.05) is 18.6 Å². The van der Waals surface area contributed by atoms with Gasteiger partial charge < -0.3 is 14.8 Å². The van der Waals surface area contributed by atoms with Crippen LogP contribution in [-0.2, 0) is 13.6 Å². The monoisotopic (exact) mass is 283 g/mol. The van der Waals surface area contributed by atoms with E-state index in [1.165, 1.54) is 0 Å². The Labute approximate surface area is 120 Å². The lowest BCUT2D eigenvalue weighted by Crippen LogP contribution is -2.04. The molecule has 0 atom stereocenters. The summed E-state index contributed by atoms with van der Waals surface area (Å²) < 4.78 is 12.5. The normalized spacial score (nSPS) is 12.8. The molecule has 0 aliphatic carbocycles. The van der Waals surface area contributed by atoms with Gasteiger partial charge in [0.25, 0.3) is 0 Å². The Balaban J connectivity index is 1.68. The van der Waals surface area contributed by atoms with Crippen molar-refractivity contribution in [3.63, 3.8) is 0 Å². The van der Waals surface area contributed by atoms with Crippen molar-refractivity contribution < 1.29 is 9.47 Å². The number of aromatic nitrogens is 4. The molecule has 0 amide bonds. The number of pyridine rings is 1. The van der Waals surface area contributed by atoms with Crippen molar-refractivity contribution in [3.05, 3.63) is 36.5 Å². The summed E-state index contributed by atoms with van der Waals surface area (Å²) in [5.41, 5.74) is 0. The fourth-order valence-corrected chi connectivity index (χ4v) is 2.33. The molecule has 3 heterocycles. The van der Waals surface area contributed by atoms with Crippen molar-refractivity contribution >= 4 is 16.6 Å². The molecule has 21 heavy (non-hydrogen) atoms. The number of rotatable bonds is 3. The number of benzene rings is 1. The molecule has 0 fully saturated rings. The molecule has 0 saturated carbocycles. The number of nitrogens with one attached hydrogen (secondary N) is 1. The van der Waals surface area contributed by atoms with Crippen LogP contribution in [0.25, 0.3) is 10.8 Å². The highest BCUT2D eigenvalue weighted by molar-refractivity contribution is 5.94. The smallest absolute Gasteiger partial charge is 0.231 e. The van der Waals surface area contributed by atoms with E-state index in [9.17, 15) is 0 Å². The van der Waals surface area contributed by atoms with Gasteiger partial charge in [-0.1, -0.05) is 0 Å². The first-order valence-corrected chi connectivity index (χ1v) is 6.56. The Morgan fingerprint density at radius 2 is 2.10 bits per heavy atom. The molecule has 0 radical (unpaired) electrons. The molecule has 1 aromatic carbocycles. The van der Waals surface area contributed by atoms with Crippen molar-refractivity contribution in [2.75, 3.05) is 12.1 Å². The molecule has 7 nitrogen and oxygen atoms in total. The van der Waals surface area contributed by atoms with Crippen LogP contribution in [-0.4, -0.2) is 26.5 Å². The Kier molecular flexibility index (Phi) is 2.63. The molecule has 0 unspecified atom stereocenters. The summed E-state index contributed by atoms with van der Waals surface area (Å²) in [5.74, 6) is 3.01. The summed E-state index contributed by atoms with van der Waals surface area (Å²) in [5, 5.41) is 9.53. The number of ether oxygens (including phenoxy) is 2. The van der Waals surface area contributed by atoms with Gasteiger partial charge in [0.1, 0.15) is 12.1 Å². The van der Waals surface area contributed by atoms with Gasteiger partial charge in [-0.15, -0.1) is 0 Å². The SMILES string of the molecule is Cn1cnc(CNc2nccc3cc4c(cc23)OCO4)n1. The van der Waals surface area contributed by atoms with E-state index in [2.05, 4.69) is 20.4 Å². The topological polar surface area (TPSA) is 74.1 Å². The van der Waals surface area contributed by atoms with Crippen LogP contribution in [0.4, 0.5) is 5.82 Å². The Morgan fingerprint density at radius 3 is 2.90 bits per heavy atom. The predicted octanol–water partition coefficient (Wildman–Crippen LogP) is 1.70. The zero-order chi connectivity index (χ0) is 14.2. The predicted molar refractivity (Wildman–Crippen MR) is 76.2 cm³/mol. The summed E-state index contributed by atoms with van der Waals surface area (Å²) in [6.07, 6.45) is 3.43. The van der Waals surface area contributed by atoms with E-state index in [0.717, 1.165) is 33.9 Å². The van der Waals surface area contributed by atoms with Crippen LogP contribution >= 0.6 is 0 Å². The van der Waals surface area contributed by atoms with Crippen molar-refractivity contribution in [3.8, 4) is 11.5 Å². The van der Waals surface area contributed by atoms with Crippen LogP contribution < -0.4 is 14.8 Å². The largest absolute Gasteiger partial charge is 0.454 e. The van der Waals surface area contributed by atoms with Gasteiger partial charge in [-0.05, 0) is 23.6 Å². The van der Waals surface area contributed by atoms with Crippen LogP contribution in [0.3, 0.4) is 0 Å². The van der Waals surface area contributed by atoms with Gasteiger partial charge >= 0.3 is 0 Å². The van der Waals surface area contributed by atoms with E-state index in [1.54, 1.807) is 17.2 Å². The van der Waals surface area contributed by atoms with Gasteiger partial charge in [0.15, 0.2) is 17.3 Å². The Bertz CT molecular complexity index is 814. The molecule has 1 aliphatic heterocycles. The third-order valence-corrected chi connectivity index (χ3v) is 3.32. The number of fused-ring (bicyclic) bond motifs is 2. The minimum atomic E-state index is 0.264. The summed E-state index contributed by atoms with van der Waals surface area (Å²) in [6.45, 7) is 0.779. The summed E-state index contributed by atoms with van der Waals surface area (Å²) in [7, 11) is 1.84. The first-order chi connectivity index (χ1) is 10.3. The molecule has 0 spiro atoms. The minimum absolute atomic E-state index is 0.264. The summed E-state index contributed by atoms with van der Waals surface area (Å²) in [6, 6.07) is 5.85. The minimum Gasteiger partial charge on any atom is -0.454 e. The number of aryl methyl sites for hydroxylation is 1. The van der Waals surface area contributed by atoms with E-state index >= 15 is 0 Å². The second kappa shape index (κ2) is 4.62. The quantitative estimate of drug-likeness (QED) is 0.788. The maximum Gasteiger partial charge on any atom is 0.231 e. The van der Waals surface area contributed by atoms with Crippen molar-refractivity contribution in [2.45, 2.75) is 6.54 Å². The van der Waals surface area contributed by atoms with Crippen molar-refractivity contribution in [1.82, 2.24) is 19.7 Å². The van der Waals surface area contributed by atoms with E-state index in [4.69, 9.17) is 9.47 Å². The van der Waals surface area contributed by atoms with Crippen LogP contribution in [0.2, 0.25) is 0 Å². The number of hydrogen-bond acceptors (Lipinski definition) is 6. The average molecular weight is 283 g/mol. The van der Waals surface area contributed by atoms with Gasteiger partial charge in [-0.3, -0.25) is 4.68 Å². The molecular formula is C14H13N5O2. The molecule has 1 aliphatic rings. The zero-order valence-electron chi connectivity index (χ0n) is 11.4. The van der Waals surface area contributed by atoms with E-state index < -0.39 is 0 Å². The molecule has 0 bridgehead atoms. The van der Waals surface area contributed by atoms with Crippen LogP contribution in [0.1, 0.15) is 5.82 Å². The van der Waals surface area contributed by atoms with Crippen LogP contribution in [0.5, 0.6) is 11.5 Å². The Hall–Kier alpha value is -2.83. The van der Waals surface area contributed by atoms with Crippen LogP contribution in [0.15, 0.2) is 30.7 Å². The van der Waals surface area contributed by atoms with Gasteiger partial charge in [-0.2, -0.15) is 5.10 Å². The van der Waals surface area contributed by atoms with Crippen molar-refractivity contribution in [2.24, 2.45) is 7.05 Å². The highest BCUT2D eigenvalue weighted by atomic mass is 16.7. The second-order valence-corrected chi connectivity index (χ2v) is 4.77. The summed E-state index contributed by atoms with van der Waals surface area (Å²) in [4.78, 5) is 8.57. The highest BCUT2D eigenvalue weighted by Gasteiger charge is 2.15. The molecule has 7 heteroatoms. The van der Waals surface area contributed by atoms with Gasteiger partial charge in [0.2, 0.25) is 6.79 Å². The zero-order valence-corrected chi connectivity index (χ0v) is 11.4. The molecule has 4 rings (SSSR count). The fourth-order valence-electron chi connectivity index (χ4n) is 2.33. The molecule has 1 N–H and O–H groups in total. The maximum atomic E-state index is 5.42. The van der Waals surface area contributed by atoms with E-state index in [-0.39, 0.29) is 6.79 Å². The van der Waals surface area contributed by atoms with Gasteiger partial charge in [-0.25, -0.2) is 9.97 Å². The first kappa shape index (κ1) is 12.0. The maximum absolute atomic E-state index is 5.42. The molecule has 3 aromatic rings. The number of nitrogens with zero attached hydrogens (tertiary/aromatic N) is 4. The molecule has 0 saturated heterocycles. The van der Waals surface area contributed by atoms with Crippen LogP contribution in [0, 0.1) is 0 Å². The van der Waals surface area contributed by atoms with Gasteiger partial charge in [0.05, 0.1) is 6.54 Å². The third kappa shape index (κ3) is 2.12. The van der Waals surface area contributed by atoms with E-state index in [1.807, 2.05) is 25.2 Å². The second-order valence-electron chi connectivity index (χ2n) is 4.77. The lowest BCUT2D eigenvalue weighted by molar-refractivity contribution is 0.174. The average Bonchev–Trinajstić information content (AvgIpc) is 3.11. The van der Waals surface area contributed by atoms with Crippen molar-refractivity contribution in [1.29, 1.82) is 0 Å². The lowest BCUT2D eigenvalue weighted by Gasteiger charge is -2.08. The number of hydrogen-bond donors (Lipinski definition) is 1. The fraction of sp³-hybridized carbons (Fsp3) is 0.214. The number of anilines is 1. The first-order valence-electron chi connectivity index (χ1n) is 6.56. The van der Waals surface area contributed by atoms with E-state index in [0.29, 0.717) is 6.54 Å². The summed E-state index contributed by atoms with van der Waals surface area (Å²) >= 11 is 0. The molecular weight excluding hydrogens is 270 g/mol. The highest BCUT2D eigenvalue weighted by Crippen LogP contribution is 2.37. The third-order valence-electron chi connectivity index (χ3n) is 3.32. The molecule has 106 valence electrons. The molecule has 2 aromatic heterocycles. The standard InChI is InChI=1S/C14H13N5O2/c1-19-7-17-13(18-19)6-16-14-10-5-12-11(20-8-21-12)4-9(10)2-3-15-14/h2-5,7H,6,8H2,1H3,(H,15,16). The lowest BCUT2D eigenvalue weighted by atomic mass is 10.1.